The molecule has 0 atom stereocenters. The van der Waals surface area contributed by atoms with Crippen molar-refractivity contribution < 1.29 is 0 Å². The van der Waals surface area contributed by atoms with Crippen LogP contribution < -0.4 is 5.32 Å². The Bertz CT molecular complexity index is 529. The fourth-order valence-electron chi connectivity index (χ4n) is 1.76. The summed E-state index contributed by atoms with van der Waals surface area (Å²) in [6.45, 7) is 1.69. The fraction of sp³-hybridized carbons (Fsp3) is 0.200. The number of aromatic nitrogens is 1. The molecule has 0 unspecified atom stereocenters. The van der Waals surface area contributed by atoms with Crippen LogP contribution in [-0.2, 0) is 13.0 Å². The molecule has 0 spiro atoms. The standard InChI is InChI=1S/C15H15N3/c16-11-15-10-14(7-9-18-15)12-17-8-6-13-4-2-1-3-5-13/h1-5,7,9-10,17H,6,8,12H2. The van der Waals surface area contributed by atoms with Crippen LogP contribution in [0.15, 0.2) is 48.7 Å². The Morgan fingerprint density at radius 2 is 1.94 bits per heavy atom. The van der Waals surface area contributed by atoms with Crippen LogP contribution in [0.5, 0.6) is 0 Å². The highest BCUT2D eigenvalue weighted by molar-refractivity contribution is 5.25. The van der Waals surface area contributed by atoms with Crippen molar-refractivity contribution in [2.45, 2.75) is 13.0 Å². The first-order chi connectivity index (χ1) is 8.88. The van der Waals surface area contributed by atoms with Crippen molar-refractivity contribution in [3.63, 3.8) is 0 Å². The van der Waals surface area contributed by atoms with E-state index in [0.717, 1.165) is 25.1 Å². The second kappa shape index (κ2) is 6.53. The van der Waals surface area contributed by atoms with Gasteiger partial charge in [-0.2, -0.15) is 5.26 Å². The molecule has 0 fully saturated rings. The van der Waals surface area contributed by atoms with Gasteiger partial charge in [0, 0.05) is 12.7 Å². The van der Waals surface area contributed by atoms with Crippen molar-refractivity contribution in [3.05, 3.63) is 65.5 Å². The summed E-state index contributed by atoms with van der Waals surface area (Å²) >= 11 is 0. The first-order valence-electron chi connectivity index (χ1n) is 5.98. The summed E-state index contributed by atoms with van der Waals surface area (Å²) in [6, 6.07) is 16.2. The molecule has 0 amide bonds. The Kier molecular flexibility index (Phi) is 4.46. The Morgan fingerprint density at radius 1 is 1.11 bits per heavy atom. The minimum atomic E-state index is 0.470. The Balaban J connectivity index is 1.77. The van der Waals surface area contributed by atoms with Crippen molar-refractivity contribution in [1.82, 2.24) is 10.3 Å². The third-order valence-corrected chi connectivity index (χ3v) is 2.70. The van der Waals surface area contributed by atoms with E-state index < -0.39 is 0 Å². The predicted octanol–water partition coefficient (Wildman–Crippen LogP) is 2.29. The number of hydrogen-bond donors (Lipinski definition) is 1. The number of nitrogens with zero attached hydrogens (tertiary/aromatic N) is 2. The van der Waals surface area contributed by atoms with Crippen LogP contribution >= 0.6 is 0 Å². The molecule has 90 valence electrons. The van der Waals surface area contributed by atoms with E-state index in [2.05, 4.69) is 34.6 Å². The number of nitrogens with one attached hydrogen (secondary N) is 1. The zero-order valence-corrected chi connectivity index (χ0v) is 10.1. The average molecular weight is 237 g/mol. The summed E-state index contributed by atoms with van der Waals surface area (Å²) < 4.78 is 0. The molecule has 0 aliphatic heterocycles. The lowest BCUT2D eigenvalue weighted by atomic mass is 10.1. The molecule has 0 saturated heterocycles. The fourth-order valence-corrected chi connectivity index (χ4v) is 1.76. The van der Waals surface area contributed by atoms with Crippen molar-refractivity contribution in [2.24, 2.45) is 0 Å². The molecule has 3 nitrogen and oxygen atoms in total. The molecular formula is C15H15N3. The number of benzene rings is 1. The quantitative estimate of drug-likeness (QED) is 0.812. The second-order valence-corrected chi connectivity index (χ2v) is 4.07. The molecule has 1 N–H and O–H groups in total. The summed E-state index contributed by atoms with van der Waals surface area (Å²) in [5.74, 6) is 0. The Labute approximate surface area is 107 Å². The van der Waals surface area contributed by atoms with Gasteiger partial charge >= 0.3 is 0 Å². The number of nitriles is 1. The molecule has 2 aromatic rings. The van der Waals surface area contributed by atoms with Crippen LogP contribution in [0, 0.1) is 11.3 Å². The van der Waals surface area contributed by atoms with Crippen molar-refractivity contribution in [1.29, 1.82) is 5.26 Å². The number of pyridine rings is 1. The first kappa shape index (κ1) is 12.3. The van der Waals surface area contributed by atoms with Gasteiger partial charge in [-0.25, -0.2) is 4.98 Å². The van der Waals surface area contributed by atoms with Gasteiger partial charge in [-0.15, -0.1) is 0 Å². The molecule has 1 aromatic heterocycles. The highest BCUT2D eigenvalue weighted by Gasteiger charge is 1.96. The first-order valence-corrected chi connectivity index (χ1v) is 5.98. The van der Waals surface area contributed by atoms with Crippen molar-refractivity contribution >= 4 is 0 Å². The van der Waals surface area contributed by atoms with Gasteiger partial charge in [-0.3, -0.25) is 0 Å². The molecule has 1 heterocycles. The van der Waals surface area contributed by atoms with Crippen molar-refractivity contribution in [2.75, 3.05) is 6.54 Å². The van der Waals surface area contributed by atoms with Crippen LogP contribution in [0.2, 0.25) is 0 Å². The maximum Gasteiger partial charge on any atom is 0.140 e. The monoisotopic (exact) mass is 237 g/mol. The summed E-state index contributed by atoms with van der Waals surface area (Å²) in [6.07, 6.45) is 2.68. The molecule has 0 aliphatic carbocycles. The molecule has 2 rings (SSSR count). The maximum absolute atomic E-state index is 8.75. The lowest BCUT2D eigenvalue weighted by Gasteiger charge is -2.05. The van der Waals surface area contributed by atoms with E-state index in [4.69, 9.17) is 5.26 Å². The molecule has 1 aromatic carbocycles. The van der Waals surface area contributed by atoms with Crippen LogP contribution in [0.3, 0.4) is 0 Å². The van der Waals surface area contributed by atoms with Gasteiger partial charge in [-0.05, 0) is 36.2 Å². The third-order valence-electron chi connectivity index (χ3n) is 2.70. The summed E-state index contributed by atoms with van der Waals surface area (Å²) in [5.41, 5.74) is 2.89. The molecule has 0 radical (unpaired) electrons. The Morgan fingerprint density at radius 3 is 2.72 bits per heavy atom. The summed E-state index contributed by atoms with van der Waals surface area (Å²) in [4.78, 5) is 3.94. The minimum absolute atomic E-state index is 0.470. The van der Waals surface area contributed by atoms with Gasteiger partial charge in [0.25, 0.3) is 0 Å². The zero-order valence-electron chi connectivity index (χ0n) is 10.1. The molecule has 18 heavy (non-hydrogen) atoms. The third kappa shape index (κ3) is 3.69. The van der Waals surface area contributed by atoms with Gasteiger partial charge in [0.15, 0.2) is 0 Å². The van der Waals surface area contributed by atoms with Crippen molar-refractivity contribution in [3.8, 4) is 6.07 Å². The minimum Gasteiger partial charge on any atom is -0.312 e. The number of hydrogen-bond acceptors (Lipinski definition) is 3. The molecule has 0 bridgehead atoms. The van der Waals surface area contributed by atoms with Crippen LogP contribution in [0.25, 0.3) is 0 Å². The predicted molar refractivity (Wildman–Crippen MR) is 70.8 cm³/mol. The van der Waals surface area contributed by atoms with Gasteiger partial charge in [0.1, 0.15) is 11.8 Å². The lowest BCUT2D eigenvalue weighted by molar-refractivity contribution is 0.686. The van der Waals surface area contributed by atoms with Gasteiger partial charge in [0.2, 0.25) is 0 Å². The smallest absolute Gasteiger partial charge is 0.140 e. The lowest BCUT2D eigenvalue weighted by Crippen LogP contribution is -2.16. The van der Waals surface area contributed by atoms with Gasteiger partial charge < -0.3 is 5.32 Å². The van der Waals surface area contributed by atoms with E-state index in [-0.39, 0.29) is 0 Å². The zero-order chi connectivity index (χ0) is 12.6. The van der Waals surface area contributed by atoms with Gasteiger partial charge in [0.05, 0.1) is 0 Å². The van der Waals surface area contributed by atoms with E-state index >= 15 is 0 Å². The highest BCUT2D eigenvalue weighted by atomic mass is 14.8. The molecular weight excluding hydrogens is 222 g/mol. The van der Waals surface area contributed by atoms with Crippen LogP contribution in [-0.4, -0.2) is 11.5 Å². The van der Waals surface area contributed by atoms with E-state index in [1.165, 1.54) is 5.56 Å². The summed E-state index contributed by atoms with van der Waals surface area (Å²) in [5, 5.41) is 12.1. The van der Waals surface area contributed by atoms with E-state index in [1.54, 1.807) is 6.20 Å². The summed E-state index contributed by atoms with van der Waals surface area (Å²) in [7, 11) is 0. The molecule has 0 aliphatic rings. The van der Waals surface area contributed by atoms with E-state index in [9.17, 15) is 0 Å². The Hall–Kier alpha value is -2.18. The molecule has 0 saturated carbocycles. The SMILES string of the molecule is N#Cc1cc(CNCCc2ccccc2)ccn1. The number of rotatable bonds is 5. The maximum atomic E-state index is 8.75. The largest absolute Gasteiger partial charge is 0.312 e. The second-order valence-electron chi connectivity index (χ2n) is 4.07. The highest BCUT2D eigenvalue weighted by Crippen LogP contribution is 2.01. The van der Waals surface area contributed by atoms with Crippen LogP contribution in [0.4, 0.5) is 0 Å². The van der Waals surface area contributed by atoms with E-state index in [1.807, 2.05) is 24.3 Å². The van der Waals surface area contributed by atoms with Crippen LogP contribution in [0.1, 0.15) is 16.8 Å². The average Bonchev–Trinajstić information content (AvgIpc) is 2.45. The van der Waals surface area contributed by atoms with Gasteiger partial charge in [-0.1, -0.05) is 30.3 Å². The topological polar surface area (TPSA) is 48.7 Å². The van der Waals surface area contributed by atoms with E-state index in [0.29, 0.717) is 5.69 Å². The molecule has 3 heteroatoms. The normalized spacial score (nSPS) is 9.94.